The molecule has 0 aliphatic carbocycles. The molecule has 0 atom stereocenters. The van der Waals surface area contributed by atoms with Gasteiger partial charge in [0.2, 0.25) is 0 Å². The van der Waals surface area contributed by atoms with E-state index in [0.29, 0.717) is 6.07 Å². The summed E-state index contributed by atoms with van der Waals surface area (Å²) in [5.74, 6) is -2.75. The van der Waals surface area contributed by atoms with Crippen molar-refractivity contribution in [2.45, 2.75) is 6.36 Å². The van der Waals surface area contributed by atoms with E-state index in [1.807, 2.05) is 0 Å². The van der Waals surface area contributed by atoms with Gasteiger partial charge in [-0.1, -0.05) is 5.46 Å². The maximum atomic E-state index is 12.7. The van der Waals surface area contributed by atoms with Crippen LogP contribution in [-0.4, -0.2) is 13.3 Å². The molecule has 0 amide bonds. The zero-order chi connectivity index (χ0) is 12.6. The lowest BCUT2D eigenvalue weighted by molar-refractivity contribution is -0.274. The third kappa shape index (κ3) is 3.32. The SMILES string of the molecule is Fc1ccc(OC(F)(F)F)cc1[B-](F)(F)F. The molecule has 90 valence electrons. The molecule has 1 aromatic rings. The number of alkyl halides is 3. The monoisotopic (exact) mass is 247 g/mol. The largest absolute Gasteiger partial charge is 0.573 e. The van der Waals surface area contributed by atoms with Gasteiger partial charge in [-0.2, -0.15) is 0 Å². The van der Waals surface area contributed by atoms with E-state index in [4.69, 9.17) is 0 Å². The fourth-order valence-electron chi connectivity index (χ4n) is 0.970. The number of halogens is 7. The van der Waals surface area contributed by atoms with Crippen molar-refractivity contribution >= 4 is 12.4 Å². The van der Waals surface area contributed by atoms with Gasteiger partial charge in [0.25, 0.3) is 0 Å². The van der Waals surface area contributed by atoms with Gasteiger partial charge in [0.1, 0.15) is 5.75 Å². The van der Waals surface area contributed by atoms with E-state index in [1.54, 1.807) is 0 Å². The molecule has 0 fully saturated rings. The van der Waals surface area contributed by atoms with Gasteiger partial charge in [0, 0.05) is 0 Å². The van der Waals surface area contributed by atoms with Crippen LogP contribution in [0.5, 0.6) is 5.75 Å². The van der Waals surface area contributed by atoms with Crippen molar-refractivity contribution in [1.29, 1.82) is 0 Å². The second-order valence-corrected chi connectivity index (χ2v) is 2.81. The van der Waals surface area contributed by atoms with Crippen LogP contribution in [0.4, 0.5) is 30.5 Å². The van der Waals surface area contributed by atoms with Crippen molar-refractivity contribution in [2.24, 2.45) is 0 Å². The predicted molar refractivity (Wildman–Crippen MR) is 41.8 cm³/mol. The van der Waals surface area contributed by atoms with Crippen LogP contribution in [0, 0.1) is 5.82 Å². The molecule has 1 rings (SSSR count). The molecule has 1 aromatic carbocycles. The second kappa shape index (κ2) is 3.87. The standard InChI is InChI=1S/C7H3BF7O/c9-6-2-1-4(16-7(10,11)12)3-5(6)8(13,14)15/h1-3H/q-1. The average Bonchev–Trinajstić information content (AvgIpc) is 2.04. The first-order valence-electron chi connectivity index (χ1n) is 3.85. The van der Waals surface area contributed by atoms with Crippen LogP contribution >= 0.6 is 0 Å². The maximum Gasteiger partial charge on any atom is 0.573 e. The summed E-state index contributed by atoms with van der Waals surface area (Å²) >= 11 is 0. The van der Waals surface area contributed by atoms with E-state index < -0.39 is 30.4 Å². The highest BCUT2D eigenvalue weighted by Crippen LogP contribution is 2.23. The Bertz CT molecular complexity index is 383. The molecule has 0 spiro atoms. The van der Waals surface area contributed by atoms with Crippen LogP contribution in [0.1, 0.15) is 0 Å². The summed E-state index contributed by atoms with van der Waals surface area (Å²) in [4.78, 5) is 0. The molecule has 0 aliphatic rings. The first-order valence-corrected chi connectivity index (χ1v) is 3.85. The van der Waals surface area contributed by atoms with Crippen molar-refractivity contribution in [1.82, 2.24) is 0 Å². The molecule has 16 heavy (non-hydrogen) atoms. The van der Waals surface area contributed by atoms with Gasteiger partial charge >= 0.3 is 13.3 Å². The van der Waals surface area contributed by atoms with Crippen LogP contribution < -0.4 is 10.2 Å². The van der Waals surface area contributed by atoms with Crippen LogP contribution in [0.3, 0.4) is 0 Å². The average molecular weight is 247 g/mol. The molecule has 0 heterocycles. The summed E-state index contributed by atoms with van der Waals surface area (Å²) in [5.41, 5.74) is -1.75. The van der Waals surface area contributed by atoms with Gasteiger partial charge in [-0.25, -0.2) is 4.39 Å². The fraction of sp³-hybridized carbons (Fsp3) is 0.143. The van der Waals surface area contributed by atoms with Crippen LogP contribution in [0.15, 0.2) is 18.2 Å². The molecule has 1 nitrogen and oxygen atoms in total. The highest BCUT2D eigenvalue weighted by molar-refractivity contribution is 6.73. The zero-order valence-corrected chi connectivity index (χ0v) is 7.36. The summed E-state index contributed by atoms with van der Waals surface area (Å²) in [5, 5.41) is 0. The molecule has 0 unspecified atom stereocenters. The second-order valence-electron chi connectivity index (χ2n) is 2.81. The van der Waals surface area contributed by atoms with Crippen molar-refractivity contribution in [3.63, 3.8) is 0 Å². The number of rotatable bonds is 2. The Labute approximate surface area is 84.9 Å². The van der Waals surface area contributed by atoms with E-state index in [-0.39, 0.29) is 12.1 Å². The minimum atomic E-state index is -5.72. The van der Waals surface area contributed by atoms with Gasteiger partial charge < -0.3 is 17.7 Å². The minimum Gasteiger partial charge on any atom is -0.445 e. The normalized spacial score (nSPS) is 12.7. The molecule has 0 N–H and O–H groups in total. The molecule has 0 aromatic heterocycles. The Morgan fingerprint density at radius 1 is 1.06 bits per heavy atom. The predicted octanol–water partition coefficient (Wildman–Crippen LogP) is 2.78. The van der Waals surface area contributed by atoms with Crippen molar-refractivity contribution in [2.75, 3.05) is 0 Å². The maximum absolute atomic E-state index is 12.7. The number of benzene rings is 1. The summed E-state index contributed by atoms with van der Waals surface area (Å²) in [6.07, 6.45) is -5.12. The third-order valence-electron chi connectivity index (χ3n) is 1.55. The van der Waals surface area contributed by atoms with E-state index >= 15 is 0 Å². The van der Waals surface area contributed by atoms with Gasteiger partial charge in [-0.3, -0.25) is 0 Å². The lowest BCUT2D eigenvalue weighted by atomic mass is 9.79. The highest BCUT2D eigenvalue weighted by atomic mass is 19.4. The summed E-state index contributed by atoms with van der Waals surface area (Å²) in [6, 6.07) is 0.711. The summed E-state index contributed by atoms with van der Waals surface area (Å²) in [6.45, 7) is -5.72. The lowest BCUT2D eigenvalue weighted by Gasteiger charge is -2.17. The molecule has 0 aliphatic heterocycles. The lowest BCUT2D eigenvalue weighted by Crippen LogP contribution is -2.37. The van der Waals surface area contributed by atoms with Crippen molar-refractivity contribution in [3.05, 3.63) is 24.0 Å². The molecular formula is C7H3BF7O-. The minimum absolute atomic E-state index is 0.0250. The van der Waals surface area contributed by atoms with Gasteiger partial charge in [-0.15, -0.1) is 13.2 Å². The number of hydrogen-bond donors (Lipinski definition) is 0. The first kappa shape index (κ1) is 12.7. The highest BCUT2D eigenvalue weighted by Gasteiger charge is 2.33. The van der Waals surface area contributed by atoms with Gasteiger partial charge in [0.05, 0.1) is 5.82 Å². The van der Waals surface area contributed by atoms with Crippen molar-refractivity contribution in [3.8, 4) is 5.75 Å². The Hall–Kier alpha value is -1.41. The van der Waals surface area contributed by atoms with E-state index in [1.165, 1.54) is 0 Å². The molecule has 0 radical (unpaired) electrons. The molecule has 0 saturated heterocycles. The van der Waals surface area contributed by atoms with Crippen LogP contribution in [0.25, 0.3) is 0 Å². The zero-order valence-electron chi connectivity index (χ0n) is 7.36. The van der Waals surface area contributed by atoms with E-state index in [0.717, 1.165) is 0 Å². The third-order valence-corrected chi connectivity index (χ3v) is 1.55. The quantitative estimate of drug-likeness (QED) is 0.576. The molecule has 0 saturated carbocycles. The Kier molecular flexibility index (Phi) is 3.07. The van der Waals surface area contributed by atoms with Gasteiger partial charge in [0.15, 0.2) is 0 Å². The number of hydrogen-bond acceptors (Lipinski definition) is 1. The molecule has 9 heteroatoms. The van der Waals surface area contributed by atoms with Gasteiger partial charge in [-0.05, 0) is 18.2 Å². The summed E-state index contributed by atoms with van der Waals surface area (Å²) in [7, 11) is 0. The molecular weight excluding hydrogens is 244 g/mol. The van der Waals surface area contributed by atoms with E-state index in [9.17, 15) is 30.5 Å². The first-order chi connectivity index (χ1) is 7.09. The van der Waals surface area contributed by atoms with E-state index in [2.05, 4.69) is 4.74 Å². The Balaban J connectivity index is 3.09. The number of ether oxygens (including phenoxy) is 1. The Morgan fingerprint density at radius 3 is 2.06 bits per heavy atom. The Morgan fingerprint density at radius 2 is 1.62 bits per heavy atom. The van der Waals surface area contributed by atoms with Crippen molar-refractivity contribution < 1.29 is 35.2 Å². The van der Waals surface area contributed by atoms with Crippen LogP contribution in [-0.2, 0) is 0 Å². The van der Waals surface area contributed by atoms with Crippen LogP contribution in [0.2, 0.25) is 0 Å². The smallest absolute Gasteiger partial charge is 0.445 e. The topological polar surface area (TPSA) is 9.23 Å². The fourth-order valence-corrected chi connectivity index (χ4v) is 0.970. The summed E-state index contributed by atoms with van der Waals surface area (Å²) < 4.78 is 87.4. The molecule has 0 bridgehead atoms.